The fourth-order valence-corrected chi connectivity index (χ4v) is 6.06. The van der Waals surface area contributed by atoms with Gasteiger partial charge < -0.3 is 31.1 Å². The molecule has 0 aromatic heterocycles. The van der Waals surface area contributed by atoms with Crippen LogP contribution in [0.15, 0.2) is 41.4 Å². The van der Waals surface area contributed by atoms with Gasteiger partial charge in [0, 0.05) is 36.8 Å². The number of Topliss-reactive ketones (excluding diaryl/α,β-unsaturated/α-hetero) is 2. The summed E-state index contributed by atoms with van der Waals surface area (Å²) >= 11 is 0. The summed E-state index contributed by atoms with van der Waals surface area (Å²) in [4.78, 5) is 42.6. The quantitative estimate of drug-likeness (QED) is 0.294. The summed E-state index contributed by atoms with van der Waals surface area (Å²) < 4.78 is 0. The maximum Gasteiger partial charge on any atom is 0.255 e. The van der Waals surface area contributed by atoms with E-state index in [2.05, 4.69) is 6.58 Å². The first-order valence-corrected chi connectivity index (χ1v) is 11.6. The van der Waals surface area contributed by atoms with E-state index in [9.17, 15) is 34.8 Å². The van der Waals surface area contributed by atoms with Crippen molar-refractivity contribution in [2.75, 3.05) is 33.1 Å². The number of nitrogens with two attached hydrogens (primary N) is 1. The maximum absolute atomic E-state index is 13.8. The van der Waals surface area contributed by atoms with Crippen molar-refractivity contribution < 1.29 is 34.8 Å². The van der Waals surface area contributed by atoms with Crippen molar-refractivity contribution in [1.29, 1.82) is 0 Å². The van der Waals surface area contributed by atoms with Crippen LogP contribution in [0.2, 0.25) is 0 Å². The van der Waals surface area contributed by atoms with Crippen LogP contribution in [0.5, 0.6) is 5.75 Å². The molecule has 0 radical (unpaired) electrons. The predicted octanol–water partition coefficient (Wildman–Crippen LogP) is 0.915. The number of rotatable bonds is 5. The molecule has 3 aliphatic rings. The minimum atomic E-state index is -2.65. The van der Waals surface area contributed by atoms with Crippen molar-refractivity contribution >= 4 is 23.2 Å². The summed E-state index contributed by atoms with van der Waals surface area (Å²) in [6, 6.07) is 0.768. The number of aliphatic hydroxyl groups excluding tert-OH is 2. The zero-order valence-electron chi connectivity index (χ0n) is 20.7. The highest BCUT2D eigenvalue weighted by molar-refractivity contribution is 6.24. The second-order valence-corrected chi connectivity index (χ2v) is 10.1. The molecule has 0 fully saturated rings. The van der Waals surface area contributed by atoms with Gasteiger partial charge in [0.25, 0.3) is 5.91 Å². The van der Waals surface area contributed by atoms with Gasteiger partial charge in [-0.2, -0.15) is 0 Å². The lowest BCUT2D eigenvalue weighted by atomic mass is 9.58. The van der Waals surface area contributed by atoms with Crippen molar-refractivity contribution in [3.8, 4) is 5.75 Å². The lowest BCUT2D eigenvalue weighted by Gasteiger charge is -2.50. The molecule has 1 aromatic carbocycles. The number of phenols is 1. The highest BCUT2D eigenvalue weighted by atomic mass is 16.3. The van der Waals surface area contributed by atoms with Gasteiger partial charge >= 0.3 is 0 Å². The van der Waals surface area contributed by atoms with Crippen molar-refractivity contribution in [2.45, 2.75) is 30.9 Å². The number of phenolic OH excluding ortho intramolecular Hbond substituents is 1. The van der Waals surface area contributed by atoms with Gasteiger partial charge in [-0.1, -0.05) is 6.08 Å². The van der Waals surface area contributed by atoms with Gasteiger partial charge in [0.2, 0.25) is 5.78 Å². The Hall–Kier alpha value is -3.63. The number of amides is 1. The van der Waals surface area contributed by atoms with Crippen molar-refractivity contribution in [3.05, 3.63) is 58.1 Å². The number of fused-ring (bicyclic) bond motifs is 3. The fraction of sp³-hybridized carbons (Fsp3) is 0.423. The smallest absolute Gasteiger partial charge is 0.255 e. The molecular weight excluding hydrogens is 466 g/mol. The Labute approximate surface area is 208 Å². The largest absolute Gasteiger partial charge is 0.510 e. The van der Waals surface area contributed by atoms with Gasteiger partial charge in [0.05, 0.1) is 11.6 Å². The molecule has 6 N–H and O–H groups in total. The van der Waals surface area contributed by atoms with Gasteiger partial charge in [-0.15, -0.1) is 6.58 Å². The first-order valence-electron chi connectivity index (χ1n) is 11.6. The molecule has 1 aromatic rings. The summed E-state index contributed by atoms with van der Waals surface area (Å²) in [5.74, 6) is -6.58. The molecule has 0 aliphatic heterocycles. The molecule has 0 saturated heterocycles. The molecule has 3 aliphatic carbocycles. The van der Waals surface area contributed by atoms with Crippen molar-refractivity contribution in [1.82, 2.24) is 4.90 Å². The number of carbonyl (C=O) groups is 3. The third-order valence-corrected chi connectivity index (χ3v) is 7.62. The second kappa shape index (κ2) is 8.49. The summed E-state index contributed by atoms with van der Waals surface area (Å²) in [5.41, 5.74) is 3.47. The van der Waals surface area contributed by atoms with Gasteiger partial charge in [-0.05, 0) is 50.9 Å². The molecule has 10 heteroatoms. The summed E-state index contributed by atoms with van der Waals surface area (Å²) in [6.45, 7) is 3.70. The van der Waals surface area contributed by atoms with Crippen molar-refractivity contribution in [2.24, 2.45) is 17.6 Å². The van der Waals surface area contributed by atoms with Gasteiger partial charge in [0.15, 0.2) is 11.4 Å². The first-order chi connectivity index (χ1) is 16.8. The topological polar surface area (TPSA) is 165 Å². The predicted molar refractivity (Wildman–Crippen MR) is 132 cm³/mol. The van der Waals surface area contributed by atoms with Crippen LogP contribution in [0.4, 0.5) is 5.69 Å². The molecule has 4 rings (SSSR count). The molecule has 0 bridgehead atoms. The molecule has 1 unspecified atom stereocenters. The van der Waals surface area contributed by atoms with Crippen LogP contribution in [0.3, 0.4) is 0 Å². The number of aliphatic hydroxyl groups is 3. The SMILES string of the molecule is C=CCc1cc(N(C)C)c2c(c1O)C(=O)C1=C(O)C3(O)C(=O)C(C(N)=O)=C(O)[C@@H](N(C)C)[C@@H]3C[C@@H]1C2. The van der Waals surface area contributed by atoms with E-state index in [0.717, 1.165) is 5.69 Å². The molecule has 1 amide bonds. The second-order valence-electron chi connectivity index (χ2n) is 10.1. The minimum Gasteiger partial charge on any atom is -0.510 e. The number of nitrogens with zero attached hydrogens (tertiary/aromatic N) is 2. The average molecular weight is 498 g/mol. The molecule has 0 heterocycles. The monoisotopic (exact) mass is 497 g/mol. The zero-order chi connectivity index (χ0) is 26.9. The normalized spacial score (nSPS) is 27.6. The van der Waals surface area contributed by atoms with Crippen LogP contribution in [-0.2, 0) is 22.4 Å². The number of benzene rings is 1. The molecule has 4 atom stereocenters. The molecular formula is C26H31N3O7. The third-order valence-electron chi connectivity index (χ3n) is 7.62. The fourth-order valence-electron chi connectivity index (χ4n) is 6.06. The number of carbonyl (C=O) groups excluding carboxylic acids is 3. The number of allylic oxidation sites excluding steroid dienone is 2. The highest BCUT2D eigenvalue weighted by Crippen LogP contribution is 2.53. The Morgan fingerprint density at radius 3 is 2.39 bits per heavy atom. The van der Waals surface area contributed by atoms with E-state index in [1.54, 1.807) is 26.2 Å². The van der Waals surface area contributed by atoms with E-state index in [-0.39, 0.29) is 29.7 Å². The third kappa shape index (κ3) is 3.28. The molecule has 192 valence electrons. The lowest BCUT2D eigenvalue weighted by molar-refractivity contribution is -0.148. The highest BCUT2D eigenvalue weighted by Gasteiger charge is 2.63. The van der Waals surface area contributed by atoms with Gasteiger partial charge in [0.1, 0.15) is 22.8 Å². The molecule has 36 heavy (non-hydrogen) atoms. The molecule has 10 nitrogen and oxygen atoms in total. The number of hydrogen-bond donors (Lipinski definition) is 5. The van der Waals surface area contributed by atoms with Crippen LogP contribution in [0.25, 0.3) is 0 Å². The van der Waals surface area contributed by atoms with Crippen LogP contribution >= 0.6 is 0 Å². The van der Waals surface area contributed by atoms with Crippen molar-refractivity contribution in [3.63, 3.8) is 0 Å². The standard InChI is InChI=1S/C26H31N3O7/c1-6-7-11-10-15(28(2)3)13-8-12-9-14-19(29(4)5)22(32)18(25(27)35)24(34)26(14,36)23(33)16(12)21(31)17(13)20(11)30/h6,10,12,14,19,30,32-33,36H,1,7-9H2,2-5H3,(H2,27,35)/t12-,14-,19-,26?/m0/s1. The number of aromatic hydroxyl groups is 1. The Balaban J connectivity index is 1.99. The number of primary amides is 1. The average Bonchev–Trinajstić information content (AvgIpc) is 2.77. The number of ketones is 2. The van der Waals surface area contributed by atoms with Gasteiger partial charge in [-0.3, -0.25) is 19.3 Å². The first kappa shape index (κ1) is 25.5. The Bertz CT molecular complexity index is 1280. The zero-order valence-corrected chi connectivity index (χ0v) is 20.7. The van der Waals surface area contributed by atoms with E-state index in [4.69, 9.17) is 5.73 Å². The summed E-state index contributed by atoms with van der Waals surface area (Å²) in [7, 11) is 6.81. The van der Waals surface area contributed by atoms with E-state index >= 15 is 0 Å². The minimum absolute atomic E-state index is 0.00108. The van der Waals surface area contributed by atoms with E-state index in [1.807, 2.05) is 19.0 Å². The van der Waals surface area contributed by atoms with Crippen LogP contribution in [0, 0.1) is 11.8 Å². The van der Waals surface area contributed by atoms with E-state index < -0.39 is 58.0 Å². The lowest BCUT2D eigenvalue weighted by Crippen LogP contribution is -2.63. The van der Waals surface area contributed by atoms with E-state index in [1.165, 1.54) is 4.90 Å². The Morgan fingerprint density at radius 1 is 1.22 bits per heavy atom. The Morgan fingerprint density at radius 2 is 1.86 bits per heavy atom. The number of anilines is 1. The molecule has 0 spiro atoms. The summed E-state index contributed by atoms with van der Waals surface area (Å²) in [5, 5.41) is 44.8. The maximum atomic E-state index is 13.8. The van der Waals surface area contributed by atoms with E-state index in [0.29, 0.717) is 17.5 Å². The van der Waals surface area contributed by atoms with Gasteiger partial charge in [-0.25, -0.2) is 0 Å². The number of hydrogen-bond acceptors (Lipinski definition) is 9. The molecule has 0 saturated carbocycles. The Kier molecular flexibility index (Phi) is 6.01. The van der Waals surface area contributed by atoms with Crippen LogP contribution < -0.4 is 10.6 Å². The summed E-state index contributed by atoms with van der Waals surface area (Å²) in [6.07, 6.45) is 2.18. The number of likely N-dealkylation sites (N-methyl/N-ethyl adjacent to an activating group) is 1. The van der Waals surface area contributed by atoms with Crippen LogP contribution in [0.1, 0.15) is 27.9 Å². The van der Waals surface area contributed by atoms with Crippen LogP contribution in [-0.4, -0.2) is 82.6 Å².